The summed E-state index contributed by atoms with van der Waals surface area (Å²) in [5.41, 5.74) is -4.91. The van der Waals surface area contributed by atoms with E-state index in [9.17, 15) is 26.7 Å². The summed E-state index contributed by atoms with van der Waals surface area (Å²) in [4.78, 5) is 18.4. The van der Waals surface area contributed by atoms with Crippen molar-refractivity contribution in [1.82, 2.24) is 10.3 Å². The fraction of sp³-hybridized carbons (Fsp3) is 0.200. The fourth-order valence-corrected chi connectivity index (χ4v) is 4.81. The molecule has 1 N–H and O–H groups in total. The topological polar surface area (TPSA) is 60.5 Å². The molecule has 0 saturated heterocycles. The van der Waals surface area contributed by atoms with E-state index in [0.29, 0.717) is 5.56 Å². The van der Waals surface area contributed by atoms with Gasteiger partial charge in [0.25, 0.3) is 11.5 Å². The number of pyridine rings is 1. The average Bonchev–Trinajstić information content (AvgIpc) is 2.94. The van der Waals surface area contributed by atoms with E-state index >= 15 is 0 Å². The molecule has 214 valence electrons. The van der Waals surface area contributed by atoms with E-state index in [4.69, 9.17) is 16.3 Å². The smallest absolute Gasteiger partial charge is 0.430 e. The number of rotatable bonds is 10. The summed E-state index contributed by atoms with van der Waals surface area (Å²) in [5, 5.41) is 2.81. The predicted molar refractivity (Wildman–Crippen MR) is 143 cm³/mol. The Bertz CT molecular complexity index is 1460. The Labute approximate surface area is 237 Å². The van der Waals surface area contributed by atoms with Crippen molar-refractivity contribution in [2.45, 2.75) is 30.3 Å². The molecule has 0 saturated carbocycles. The number of halogens is 6. The molecule has 2 atom stereocenters. The molecule has 0 fully saturated rings. The number of carbonyl (C=O) groups excluding carboxylic acids is 1. The van der Waals surface area contributed by atoms with Gasteiger partial charge in [-0.05, 0) is 35.4 Å². The van der Waals surface area contributed by atoms with Gasteiger partial charge in [-0.3, -0.25) is 9.78 Å². The van der Waals surface area contributed by atoms with E-state index in [1.54, 1.807) is 30.3 Å². The van der Waals surface area contributed by atoms with E-state index in [2.05, 4.69) is 15.0 Å². The molecule has 1 amide bonds. The maximum absolute atomic E-state index is 14.9. The van der Waals surface area contributed by atoms with Crippen molar-refractivity contribution >= 4 is 17.5 Å². The normalized spacial score (nSPS) is 14.6. The highest BCUT2D eigenvalue weighted by molar-refractivity contribution is 6.30. The molecular formula is C30H24ClF5N2O3. The van der Waals surface area contributed by atoms with Crippen molar-refractivity contribution in [3.8, 4) is 5.75 Å². The molecule has 0 aliphatic heterocycles. The highest BCUT2D eigenvalue weighted by atomic mass is 35.5. The van der Waals surface area contributed by atoms with Crippen molar-refractivity contribution in [3.63, 3.8) is 0 Å². The molecular weight excluding hydrogens is 567 g/mol. The van der Waals surface area contributed by atoms with E-state index in [1.807, 2.05) is 0 Å². The third kappa shape index (κ3) is 6.18. The lowest BCUT2D eigenvalue weighted by Gasteiger charge is -2.40. The van der Waals surface area contributed by atoms with Crippen LogP contribution < -0.4 is 10.1 Å². The number of hydrogen-bond acceptors (Lipinski definition) is 4. The third-order valence-corrected chi connectivity index (χ3v) is 6.78. The summed E-state index contributed by atoms with van der Waals surface area (Å²) in [5.74, 6) is -1.82. The Kier molecular flexibility index (Phi) is 8.94. The second-order valence-corrected chi connectivity index (χ2v) is 9.48. The highest BCUT2D eigenvalue weighted by Crippen LogP contribution is 2.44. The second-order valence-electron chi connectivity index (χ2n) is 9.04. The maximum Gasteiger partial charge on any atom is 0.430 e. The van der Waals surface area contributed by atoms with Crippen LogP contribution in [0.2, 0.25) is 5.02 Å². The Morgan fingerprint density at radius 2 is 1.54 bits per heavy atom. The third-order valence-electron chi connectivity index (χ3n) is 6.56. The van der Waals surface area contributed by atoms with E-state index in [1.165, 1.54) is 60.8 Å². The first-order chi connectivity index (χ1) is 19.5. The van der Waals surface area contributed by atoms with E-state index < -0.39 is 35.4 Å². The summed E-state index contributed by atoms with van der Waals surface area (Å²) >= 11 is 6.07. The van der Waals surface area contributed by atoms with Crippen LogP contribution in [-0.2, 0) is 27.1 Å². The molecule has 4 aromatic rings. The number of alkyl halides is 5. The van der Waals surface area contributed by atoms with Crippen molar-refractivity contribution < 1.29 is 36.2 Å². The van der Waals surface area contributed by atoms with Crippen LogP contribution in [0.15, 0.2) is 103 Å². The monoisotopic (exact) mass is 590 g/mol. The molecule has 0 aliphatic rings. The summed E-state index contributed by atoms with van der Waals surface area (Å²) in [6.07, 6.45) is -4.06. The zero-order chi connectivity index (χ0) is 29.7. The SMILES string of the molecule is CO[C@](C(=O)N[C@@](Cc1ccccc1)(c1cccc(OC(F)F)c1)c1ccc(Cl)cn1)(c1ccccc1)C(F)(F)F. The number of aromatic nitrogens is 1. The van der Waals surface area contributed by atoms with E-state index in [-0.39, 0.29) is 28.5 Å². The lowest BCUT2D eigenvalue weighted by atomic mass is 9.79. The number of carbonyl (C=O) groups is 1. The van der Waals surface area contributed by atoms with Crippen molar-refractivity contribution in [2.75, 3.05) is 7.11 Å². The largest absolute Gasteiger partial charge is 0.435 e. The van der Waals surface area contributed by atoms with Gasteiger partial charge in [0.15, 0.2) is 0 Å². The van der Waals surface area contributed by atoms with Crippen LogP contribution in [0.5, 0.6) is 5.75 Å². The number of hydrogen-bond donors (Lipinski definition) is 1. The number of amides is 1. The van der Waals surface area contributed by atoms with Gasteiger partial charge in [0.05, 0.1) is 10.7 Å². The molecule has 0 bridgehead atoms. The van der Waals surface area contributed by atoms with Gasteiger partial charge in [0.1, 0.15) is 11.3 Å². The van der Waals surface area contributed by atoms with Crippen LogP contribution in [0.4, 0.5) is 22.0 Å². The zero-order valence-electron chi connectivity index (χ0n) is 21.5. The van der Waals surface area contributed by atoms with Gasteiger partial charge in [-0.25, -0.2) is 0 Å². The van der Waals surface area contributed by atoms with Gasteiger partial charge in [0, 0.05) is 25.3 Å². The molecule has 0 spiro atoms. The van der Waals surface area contributed by atoms with Gasteiger partial charge in [-0.1, -0.05) is 84.4 Å². The quantitative estimate of drug-likeness (QED) is 0.201. The Morgan fingerprint density at radius 3 is 2.10 bits per heavy atom. The molecule has 0 radical (unpaired) electrons. The molecule has 41 heavy (non-hydrogen) atoms. The average molecular weight is 591 g/mol. The van der Waals surface area contributed by atoms with Gasteiger partial charge in [-0.15, -0.1) is 0 Å². The molecule has 11 heteroatoms. The van der Waals surface area contributed by atoms with Crippen LogP contribution in [0.1, 0.15) is 22.4 Å². The Hall–Kier alpha value is -4.02. The first-order valence-corrected chi connectivity index (χ1v) is 12.6. The van der Waals surface area contributed by atoms with Gasteiger partial charge < -0.3 is 14.8 Å². The second kappa shape index (κ2) is 12.2. The van der Waals surface area contributed by atoms with Gasteiger partial charge in [0.2, 0.25) is 0 Å². The maximum atomic E-state index is 14.9. The summed E-state index contributed by atoms with van der Waals surface area (Å²) < 4.78 is 80.4. The first kappa shape index (κ1) is 30.0. The van der Waals surface area contributed by atoms with Crippen LogP contribution >= 0.6 is 11.6 Å². The molecule has 0 unspecified atom stereocenters. The molecule has 0 aliphatic carbocycles. The zero-order valence-corrected chi connectivity index (χ0v) is 22.3. The predicted octanol–water partition coefficient (Wildman–Crippen LogP) is 7.04. The summed E-state index contributed by atoms with van der Waals surface area (Å²) in [7, 11) is 0.788. The van der Waals surface area contributed by atoms with Gasteiger partial charge >= 0.3 is 12.8 Å². The van der Waals surface area contributed by atoms with Crippen LogP contribution in [0.3, 0.4) is 0 Å². The number of ether oxygens (including phenoxy) is 2. The number of nitrogens with one attached hydrogen (secondary N) is 1. The Balaban J connectivity index is 1.99. The minimum atomic E-state index is -5.21. The summed E-state index contributed by atoms with van der Waals surface area (Å²) in [6, 6.07) is 23.3. The number of nitrogens with zero attached hydrogens (tertiary/aromatic N) is 1. The van der Waals surface area contributed by atoms with Crippen molar-refractivity contribution in [3.05, 3.63) is 131 Å². The fourth-order valence-electron chi connectivity index (χ4n) is 4.69. The van der Waals surface area contributed by atoms with Crippen molar-refractivity contribution in [2.24, 2.45) is 0 Å². The lowest BCUT2D eigenvalue weighted by Crippen LogP contribution is -2.61. The first-order valence-electron chi connectivity index (χ1n) is 12.2. The number of benzene rings is 3. The standard InChI is InChI=1S/C30H24ClF5N2O3/c1-40-29(30(34,35)36,21-11-6-3-7-12-21)26(39)38-28(18-20-9-4-2-5-10-20,25-16-15-23(31)19-37-25)22-13-8-14-24(17-22)41-27(32)33/h2-17,19,27H,18H2,1H3,(H,38,39)/t28-,29-/m0/s1. The molecule has 3 aromatic carbocycles. The Morgan fingerprint density at radius 1 is 0.902 bits per heavy atom. The van der Waals surface area contributed by atoms with Crippen LogP contribution in [-0.4, -0.2) is 30.8 Å². The lowest BCUT2D eigenvalue weighted by molar-refractivity contribution is -0.266. The van der Waals surface area contributed by atoms with Crippen molar-refractivity contribution in [1.29, 1.82) is 0 Å². The van der Waals surface area contributed by atoms with E-state index in [0.717, 1.165) is 19.2 Å². The minimum Gasteiger partial charge on any atom is -0.435 e. The molecule has 1 aromatic heterocycles. The summed E-state index contributed by atoms with van der Waals surface area (Å²) in [6.45, 7) is -3.17. The molecule has 1 heterocycles. The van der Waals surface area contributed by atoms with Crippen LogP contribution in [0, 0.1) is 0 Å². The van der Waals surface area contributed by atoms with Gasteiger partial charge in [-0.2, -0.15) is 22.0 Å². The molecule has 4 rings (SSSR count). The molecule has 5 nitrogen and oxygen atoms in total. The highest BCUT2D eigenvalue weighted by Gasteiger charge is 2.63. The van der Waals surface area contributed by atoms with Crippen LogP contribution in [0.25, 0.3) is 0 Å². The number of methoxy groups -OCH3 is 1. The minimum absolute atomic E-state index is 0.0912.